The normalized spacial score (nSPS) is 10.2. The van der Waals surface area contributed by atoms with Crippen molar-refractivity contribution in [1.82, 2.24) is 0 Å². The van der Waals surface area contributed by atoms with Crippen molar-refractivity contribution in [3.63, 3.8) is 0 Å². The molecule has 4 nitrogen and oxygen atoms in total. The van der Waals surface area contributed by atoms with Crippen LogP contribution in [-0.2, 0) is 0 Å². The number of nitrogens with zero attached hydrogens (tertiary/aromatic N) is 1. The number of phenolic OH excluding ortho intramolecular Hbond substituents is 2. The Hall–Kier alpha value is -3.14. The van der Waals surface area contributed by atoms with E-state index in [0.29, 0.717) is 5.69 Å². The van der Waals surface area contributed by atoms with Crippen molar-refractivity contribution < 1.29 is 10.2 Å². The molecule has 0 spiro atoms. The van der Waals surface area contributed by atoms with Crippen molar-refractivity contribution >= 4 is 17.1 Å². The van der Waals surface area contributed by atoms with Crippen LogP contribution in [0.15, 0.2) is 78.9 Å². The second kappa shape index (κ2) is 6.10. The molecule has 0 saturated heterocycles. The molecule has 0 aliphatic carbocycles. The van der Waals surface area contributed by atoms with E-state index in [2.05, 4.69) is 5.43 Å². The predicted octanol–water partition coefficient (Wildman–Crippen LogP) is 4.26. The molecule has 3 aromatic rings. The van der Waals surface area contributed by atoms with E-state index in [1.54, 1.807) is 6.07 Å². The van der Waals surface area contributed by atoms with E-state index in [1.165, 1.54) is 12.1 Å². The molecule has 0 fully saturated rings. The van der Waals surface area contributed by atoms with Crippen LogP contribution >= 0.6 is 0 Å². The van der Waals surface area contributed by atoms with Gasteiger partial charge in [0.15, 0.2) is 11.5 Å². The zero-order valence-corrected chi connectivity index (χ0v) is 11.8. The number of hydrogen-bond donors (Lipinski definition) is 3. The summed E-state index contributed by atoms with van der Waals surface area (Å²) in [7, 11) is 0. The highest BCUT2D eigenvalue weighted by Gasteiger charge is 2.10. The van der Waals surface area contributed by atoms with E-state index in [9.17, 15) is 10.2 Å². The van der Waals surface area contributed by atoms with Crippen molar-refractivity contribution in [3.8, 4) is 11.5 Å². The molecule has 0 radical (unpaired) electrons. The van der Waals surface area contributed by atoms with Crippen LogP contribution in [-0.4, -0.2) is 10.2 Å². The van der Waals surface area contributed by atoms with Crippen LogP contribution in [0.5, 0.6) is 11.5 Å². The van der Waals surface area contributed by atoms with E-state index in [-0.39, 0.29) is 11.5 Å². The van der Waals surface area contributed by atoms with E-state index in [0.717, 1.165) is 11.4 Å². The minimum absolute atomic E-state index is 0.142. The maximum atomic E-state index is 9.65. The lowest BCUT2D eigenvalue weighted by Gasteiger charge is -2.26. The first-order valence-electron chi connectivity index (χ1n) is 6.93. The van der Waals surface area contributed by atoms with Crippen LogP contribution in [0.4, 0.5) is 17.1 Å². The van der Waals surface area contributed by atoms with Crippen LogP contribution in [0, 0.1) is 0 Å². The number of phenols is 2. The molecule has 0 saturated carbocycles. The summed E-state index contributed by atoms with van der Waals surface area (Å²) in [4.78, 5) is 0. The lowest BCUT2D eigenvalue weighted by Crippen LogP contribution is -2.24. The number of rotatable bonds is 4. The van der Waals surface area contributed by atoms with Crippen molar-refractivity contribution in [2.75, 3.05) is 10.4 Å². The first-order valence-corrected chi connectivity index (χ1v) is 6.93. The fourth-order valence-corrected chi connectivity index (χ4v) is 2.15. The quantitative estimate of drug-likeness (QED) is 0.382. The number of hydrazine groups is 1. The van der Waals surface area contributed by atoms with Crippen molar-refractivity contribution in [2.45, 2.75) is 0 Å². The van der Waals surface area contributed by atoms with Gasteiger partial charge in [0, 0.05) is 6.07 Å². The molecule has 3 rings (SSSR count). The van der Waals surface area contributed by atoms with Gasteiger partial charge in [-0.2, -0.15) is 0 Å². The third-order valence-corrected chi connectivity index (χ3v) is 3.25. The number of para-hydroxylation sites is 2. The Morgan fingerprint density at radius 2 is 1.18 bits per heavy atom. The van der Waals surface area contributed by atoms with Gasteiger partial charge in [-0.05, 0) is 36.4 Å². The average Bonchev–Trinajstić information content (AvgIpc) is 2.57. The third kappa shape index (κ3) is 2.96. The van der Waals surface area contributed by atoms with Gasteiger partial charge in [0.2, 0.25) is 0 Å². The molecule has 0 aliphatic rings. The molecule has 0 bridgehead atoms. The molecular formula is C18H16N2O2. The summed E-state index contributed by atoms with van der Waals surface area (Å²) in [6.45, 7) is 0. The number of benzene rings is 3. The van der Waals surface area contributed by atoms with Crippen LogP contribution in [0.2, 0.25) is 0 Å². The van der Waals surface area contributed by atoms with Gasteiger partial charge in [0.25, 0.3) is 0 Å². The molecule has 3 N–H and O–H groups in total. The summed E-state index contributed by atoms with van der Waals surface area (Å²) in [5.41, 5.74) is 5.83. The molecule has 0 atom stereocenters. The van der Waals surface area contributed by atoms with Crippen LogP contribution in [0.3, 0.4) is 0 Å². The summed E-state index contributed by atoms with van der Waals surface area (Å²) in [5, 5.41) is 21.0. The van der Waals surface area contributed by atoms with Crippen molar-refractivity contribution in [1.29, 1.82) is 0 Å². The van der Waals surface area contributed by atoms with Crippen LogP contribution < -0.4 is 10.4 Å². The second-order valence-corrected chi connectivity index (χ2v) is 4.82. The first-order chi connectivity index (χ1) is 10.7. The van der Waals surface area contributed by atoms with Gasteiger partial charge in [-0.3, -0.25) is 10.4 Å². The molecule has 22 heavy (non-hydrogen) atoms. The molecule has 4 heteroatoms. The zero-order chi connectivity index (χ0) is 15.4. The van der Waals surface area contributed by atoms with E-state index in [1.807, 2.05) is 65.7 Å². The maximum absolute atomic E-state index is 9.65. The lowest BCUT2D eigenvalue weighted by molar-refractivity contribution is 0.404. The summed E-state index contributed by atoms with van der Waals surface area (Å²) >= 11 is 0. The molecule has 0 heterocycles. The molecule has 0 aliphatic heterocycles. The number of aromatic hydroxyl groups is 2. The SMILES string of the molecule is Oc1ccc(NN(c2ccccc2)c2ccccc2)cc1O. The summed E-state index contributed by atoms with van der Waals surface area (Å²) in [5.74, 6) is -0.303. The Balaban J connectivity index is 1.97. The first kappa shape index (κ1) is 13.8. The fraction of sp³-hybridized carbons (Fsp3) is 0. The fourth-order valence-electron chi connectivity index (χ4n) is 2.15. The summed E-state index contributed by atoms with van der Waals surface area (Å²) in [6, 6.07) is 24.3. The van der Waals surface area contributed by atoms with Gasteiger partial charge >= 0.3 is 0 Å². The Morgan fingerprint density at radius 1 is 0.636 bits per heavy atom. The number of nitrogens with one attached hydrogen (secondary N) is 1. The molecule has 3 aromatic carbocycles. The maximum Gasteiger partial charge on any atom is 0.159 e. The van der Waals surface area contributed by atoms with E-state index in [4.69, 9.17) is 0 Å². The Labute approximate surface area is 128 Å². The molecule has 110 valence electrons. The average molecular weight is 292 g/mol. The monoisotopic (exact) mass is 292 g/mol. The highest BCUT2D eigenvalue weighted by atomic mass is 16.3. The zero-order valence-electron chi connectivity index (χ0n) is 11.8. The minimum atomic E-state index is -0.161. The molecule has 0 amide bonds. The Bertz CT molecular complexity index is 706. The minimum Gasteiger partial charge on any atom is -0.504 e. The standard InChI is InChI=1S/C18H16N2O2/c21-17-12-11-14(13-18(17)22)19-20(15-7-3-1-4-8-15)16-9-5-2-6-10-16/h1-13,19,21-22H. The Kier molecular flexibility index (Phi) is 3.83. The van der Waals surface area contributed by atoms with Gasteiger partial charge in [-0.1, -0.05) is 36.4 Å². The number of anilines is 3. The second-order valence-electron chi connectivity index (χ2n) is 4.82. The van der Waals surface area contributed by atoms with Gasteiger partial charge in [0.1, 0.15) is 0 Å². The third-order valence-electron chi connectivity index (χ3n) is 3.25. The summed E-state index contributed by atoms with van der Waals surface area (Å²) in [6.07, 6.45) is 0. The highest BCUT2D eigenvalue weighted by molar-refractivity contribution is 5.69. The smallest absolute Gasteiger partial charge is 0.159 e. The van der Waals surface area contributed by atoms with Crippen LogP contribution in [0.1, 0.15) is 0 Å². The van der Waals surface area contributed by atoms with Crippen LogP contribution in [0.25, 0.3) is 0 Å². The van der Waals surface area contributed by atoms with Crippen molar-refractivity contribution in [2.24, 2.45) is 0 Å². The van der Waals surface area contributed by atoms with Gasteiger partial charge in [0.05, 0.1) is 17.1 Å². The van der Waals surface area contributed by atoms with Gasteiger partial charge in [-0.15, -0.1) is 0 Å². The summed E-state index contributed by atoms with van der Waals surface area (Å²) < 4.78 is 0. The van der Waals surface area contributed by atoms with E-state index >= 15 is 0 Å². The largest absolute Gasteiger partial charge is 0.504 e. The highest BCUT2D eigenvalue weighted by Crippen LogP contribution is 2.30. The molecule has 0 unspecified atom stereocenters. The van der Waals surface area contributed by atoms with Crippen molar-refractivity contribution in [3.05, 3.63) is 78.9 Å². The van der Waals surface area contributed by atoms with Gasteiger partial charge < -0.3 is 10.2 Å². The predicted molar refractivity (Wildman–Crippen MR) is 88.4 cm³/mol. The lowest BCUT2D eigenvalue weighted by atomic mass is 10.2. The van der Waals surface area contributed by atoms with Gasteiger partial charge in [-0.25, -0.2) is 0 Å². The Morgan fingerprint density at radius 3 is 1.68 bits per heavy atom. The molecular weight excluding hydrogens is 276 g/mol. The van der Waals surface area contributed by atoms with E-state index < -0.39 is 0 Å². The topological polar surface area (TPSA) is 55.7 Å². The molecule has 0 aromatic heterocycles. The number of hydrogen-bond acceptors (Lipinski definition) is 4.